The number of carbonyl (C=O) groups excluding carboxylic acids is 1. The van der Waals surface area contributed by atoms with Crippen LogP contribution >= 0.6 is 11.8 Å². The Morgan fingerprint density at radius 3 is 2.48 bits per heavy atom. The summed E-state index contributed by atoms with van der Waals surface area (Å²) in [6.07, 6.45) is 2.19. The van der Waals surface area contributed by atoms with Crippen LogP contribution in [0.5, 0.6) is 5.75 Å². The SMILES string of the molecule is CSc1ccc(CNC(=O)Cc2cccc(CC(C)(C)NC[C@H](O)c3cc(C)c(O)c4[nH]c(=O)ccc34)c2)cc1. The Morgan fingerprint density at radius 1 is 1.02 bits per heavy atom. The van der Waals surface area contributed by atoms with Gasteiger partial charge in [0.05, 0.1) is 18.0 Å². The maximum absolute atomic E-state index is 12.6. The minimum atomic E-state index is -0.848. The number of aryl methyl sites for hydroxylation is 1. The van der Waals surface area contributed by atoms with Crippen LogP contribution in [0, 0.1) is 6.92 Å². The van der Waals surface area contributed by atoms with Crippen molar-refractivity contribution in [2.75, 3.05) is 12.8 Å². The summed E-state index contributed by atoms with van der Waals surface area (Å²) in [5.41, 5.74) is 4.00. The number of nitrogens with one attached hydrogen (secondary N) is 3. The predicted octanol–water partition coefficient (Wildman–Crippen LogP) is 4.77. The average Bonchev–Trinajstić information content (AvgIpc) is 2.93. The van der Waals surface area contributed by atoms with E-state index in [2.05, 4.69) is 47.7 Å². The van der Waals surface area contributed by atoms with Gasteiger partial charge in [0.1, 0.15) is 5.75 Å². The lowest BCUT2D eigenvalue weighted by molar-refractivity contribution is -0.120. The third-order valence-corrected chi connectivity index (χ3v) is 7.74. The standard InChI is InChI=1S/C32H37N3O4S/c1-20-14-26(25-12-13-28(37)35-30(25)31(20)39)27(36)19-34-32(2,3)17-23-7-5-6-22(15-23)16-29(38)33-18-21-8-10-24(40-4)11-9-21/h5-15,27,34,36,39H,16-19H2,1-4H3,(H,33,38)(H,35,37)/t27-/m0/s1. The first kappa shape index (κ1) is 29.4. The quantitative estimate of drug-likeness (QED) is 0.169. The van der Waals surface area contributed by atoms with E-state index in [9.17, 15) is 19.8 Å². The number of carbonyl (C=O) groups is 1. The Bertz CT molecular complexity index is 1550. The van der Waals surface area contributed by atoms with Crippen molar-refractivity contribution in [3.8, 4) is 5.75 Å². The number of H-pyrrole nitrogens is 1. The van der Waals surface area contributed by atoms with E-state index in [4.69, 9.17) is 0 Å². The average molecular weight is 560 g/mol. The molecule has 4 rings (SSSR count). The molecule has 3 aromatic carbocycles. The zero-order valence-electron chi connectivity index (χ0n) is 23.4. The van der Waals surface area contributed by atoms with Gasteiger partial charge in [0.25, 0.3) is 0 Å². The number of phenolic OH excluding ortho intramolecular Hbond substituents is 1. The number of rotatable bonds is 11. The Hall–Kier alpha value is -3.59. The number of aromatic nitrogens is 1. The summed E-state index contributed by atoms with van der Waals surface area (Å²) in [4.78, 5) is 28.2. The van der Waals surface area contributed by atoms with E-state index in [1.165, 1.54) is 11.0 Å². The molecule has 40 heavy (non-hydrogen) atoms. The molecule has 0 saturated carbocycles. The summed E-state index contributed by atoms with van der Waals surface area (Å²) < 4.78 is 0. The highest BCUT2D eigenvalue weighted by Gasteiger charge is 2.22. The van der Waals surface area contributed by atoms with Gasteiger partial charge in [-0.25, -0.2) is 0 Å². The van der Waals surface area contributed by atoms with Crippen LogP contribution in [0.1, 0.15) is 47.8 Å². The zero-order chi connectivity index (χ0) is 28.9. The largest absolute Gasteiger partial charge is 0.505 e. The molecule has 0 saturated heterocycles. The molecular formula is C32H37N3O4S. The van der Waals surface area contributed by atoms with E-state index >= 15 is 0 Å². The molecule has 0 aliphatic heterocycles. The molecule has 0 spiro atoms. The van der Waals surface area contributed by atoms with Crippen molar-refractivity contribution in [2.24, 2.45) is 0 Å². The summed E-state index contributed by atoms with van der Waals surface area (Å²) in [6.45, 7) is 6.66. The number of phenols is 1. The van der Waals surface area contributed by atoms with Crippen LogP contribution in [0.3, 0.4) is 0 Å². The molecule has 210 valence electrons. The van der Waals surface area contributed by atoms with Gasteiger partial charge in [-0.3, -0.25) is 9.59 Å². The van der Waals surface area contributed by atoms with Gasteiger partial charge in [-0.05, 0) is 85.5 Å². The number of amides is 1. The van der Waals surface area contributed by atoms with E-state index < -0.39 is 6.10 Å². The fourth-order valence-corrected chi connectivity index (χ4v) is 5.26. The number of hydrogen-bond acceptors (Lipinski definition) is 6. The second-order valence-electron chi connectivity index (χ2n) is 10.8. The molecule has 0 aliphatic rings. The highest BCUT2D eigenvalue weighted by molar-refractivity contribution is 7.98. The van der Waals surface area contributed by atoms with Gasteiger partial charge in [-0.1, -0.05) is 36.4 Å². The first-order valence-electron chi connectivity index (χ1n) is 13.3. The number of aromatic amines is 1. The number of aliphatic hydroxyl groups is 1. The lowest BCUT2D eigenvalue weighted by Crippen LogP contribution is -2.43. The molecular weight excluding hydrogens is 522 g/mol. The highest BCUT2D eigenvalue weighted by Crippen LogP contribution is 2.32. The first-order chi connectivity index (χ1) is 19.0. The lowest BCUT2D eigenvalue weighted by Gasteiger charge is -2.29. The molecule has 4 aromatic rings. The van der Waals surface area contributed by atoms with Crippen molar-refractivity contribution in [1.82, 2.24) is 15.6 Å². The van der Waals surface area contributed by atoms with Crippen molar-refractivity contribution >= 4 is 28.6 Å². The predicted molar refractivity (Wildman–Crippen MR) is 162 cm³/mol. The van der Waals surface area contributed by atoms with E-state index in [1.54, 1.807) is 30.8 Å². The number of aromatic hydroxyl groups is 1. The van der Waals surface area contributed by atoms with E-state index in [-0.39, 0.29) is 29.3 Å². The number of thioether (sulfide) groups is 1. The van der Waals surface area contributed by atoms with E-state index in [0.717, 1.165) is 16.7 Å². The molecule has 0 radical (unpaired) electrons. The maximum atomic E-state index is 12.6. The minimum absolute atomic E-state index is 0.00955. The van der Waals surface area contributed by atoms with Gasteiger partial charge >= 0.3 is 0 Å². The topological polar surface area (TPSA) is 114 Å². The summed E-state index contributed by atoms with van der Waals surface area (Å²) in [5, 5.41) is 28.5. The van der Waals surface area contributed by atoms with Crippen LogP contribution in [-0.4, -0.2) is 39.4 Å². The summed E-state index contributed by atoms with van der Waals surface area (Å²) in [7, 11) is 0. The van der Waals surface area contributed by atoms with Crippen LogP contribution in [0.2, 0.25) is 0 Å². The molecule has 0 fully saturated rings. The number of fused-ring (bicyclic) bond motifs is 1. The molecule has 8 heteroatoms. The summed E-state index contributed by atoms with van der Waals surface area (Å²) >= 11 is 1.69. The third kappa shape index (κ3) is 7.53. The van der Waals surface area contributed by atoms with Gasteiger partial charge in [-0.2, -0.15) is 0 Å². The molecule has 1 aromatic heterocycles. The van der Waals surface area contributed by atoms with Crippen molar-refractivity contribution in [3.63, 3.8) is 0 Å². The van der Waals surface area contributed by atoms with E-state index in [0.29, 0.717) is 41.4 Å². The van der Waals surface area contributed by atoms with Crippen molar-refractivity contribution < 1.29 is 15.0 Å². The van der Waals surface area contributed by atoms with Crippen LogP contribution in [0.25, 0.3) is 10.9 Å². The van der Waals surface area contributed by atoms with Crippen molar-refractivity contribution in [1.29, 1.82) is 0 Å². The molecule has 0 unspecified atom stereocenters. The normalized spacial score (nSPS) is 12.4. The van der Waals surface area contributed by atoms with Gasteiger partial charge < -0.3 is 25.8 Å². The van der Waals surface area contributed by atoms with Crippen LogP contribution in [-0.2, 0) is 24.2 Å². The molecule has 0 bridgehead atoms. The summed E-state index contributed by atoms with van der Waals surface area (Å²) in [5.74, 6) is -0.0142. The highest BCUT2D eigenvalue weighted by atomic mass is 32.2. The smallest absolute Gasteiger partial charge is 0.248 e. The van der Waals surface area contributed by atoms with Gasteiger partial charge in [0.15, 0.2) is 0 Å². The number of aliphatic hydroxyl groups excluding tert-OH is 1. The first-order valence-corrected chi connectivity index (χ1v) is 14.5. The Labute approximate surface area is 239 Å². The Morgan fingerprint density at radius 2 is 1.75 bits per heavy atom. The minimum Gasteiger partial charge on any atom is -0.505 e. The number of β-amino-alcohol motifs (C(OH)–C–C–N with tert-alkyl or cyclic N) is 1. The molecule has 5 N–H and O–H groups in total. The fourth-order valence-electron chi connectivity index (χ4n) is 4.85. The monoisotopic (exact) mass is 559 g/mol. The second-order valence-corrected chi connectivity index (χ2v) is 11.7. The maximum Gasteiger partial charge on any atom is 0.248 e. The second kappa shape index (κ2) is 12.7. The fraction of sp³-hybridized carbons (Fsp3) is 0.312. The van der Waals surface area contributed by atoms with E-state index in [1.807, 2.05) is 36.6 Å². The molecule has 0 aliphatic carbocycles. The Balaban J connectivity index is 1.35. The zero-order valence-corrected chi connectivity index (χ0v) is 24.2. The van der Waals surface area contributed by atoms with Crippen molar-refractivity contribution in [2.45, 2.75) is 56.7 Å². The van der Waals surface area contributed by atoms with Gasteiger partial charge in [-0.15, -0.1) is 11.8 Å². The van der Waals surface area contributed by atoms with Crippen LogP contribution in [0.4, 0.5) is 0 Å². The van der Waals surface area contributed by atoms with Gasteiger partial charge in [0, 0.05) is 35.0 Å². The molecule has 1 amide bonds. The van der Waals surface area contributed by atoms with Crippen LogP contribution in [0.15, 0.2) is 76.4 Å². The number of pyridine rings is 1. The lowest BCUT2D eigenvalue weighted by atomic mass is 9.92. The number of hydrogen-bond donors (Lipinski definition) is 5. The van der Waals surface area contributed by atoms with Gasteiger partial charge in [0.2, 0.25) is 11.5 Å². The Kier molecular flexibility index (Phi) is 9.35. The summed E-state index contributed by atoms with van der Waals surface area (Å²) in [6, 6.07) is 21.0. The van der Waals surface area contributed by atoms with Crippen molar-refractivity contribution in [3.05, 3.63) is 105 Å². The third-order valence-electron chi connectivity index (χ3n) is 7.00. The molecule has 1 atom stereocenters. The molecule has 1 heterocycles. The molecule has 7 nitrogen and oxygen atoms in total. The van der Waals surface area contributed by atoms with Crippen LogP contribution < -0.4 is 16.2 Å². The number of benzene rings is 3.